The van der Waals surface area contributed by atoms with E-state index in [4.69, 9.17) is 4.74 Å². The molecule has 0 saturated heterocycles. The Morgan fingerprint density at radius 1 is 1.11 bits per heavy atom. The van der Waals surface area contributed by atoms with Crippen LogP contribution < -0.4 is 9.46 Å². The van der Waals surface area contributed by atoms with Gasteiger partial charge in [0.05, 0.1) is 11.5 Å². The Hall–Kier alpha value is -2.54. The van der Waals surface area contributed by atoms with Crippen molar-refractivity contribution in [3.05, 3.63) is 53.6 Å². The highest BCUT2D eigenvalue weighted by Gasteiger charge is 2.20. The van der Waals surface area contributed by atoms with Gasteiger partial charge in [-0.15, -0.1) is 0 Å². The smallest absolute Gasteiger partial charge is 0.261 e. The average Bonchev–Trinajstić information content (AvgIpc) is 2.63. The Balaban J connectivity index is 2.27. The fourth-order valence-corrected chi connectivity index (χ4v) is 3.73. The first-order chi connectivity index (χ1) is 12.8. The van der Waals surface area contributed by atoms with Crippen LogP contribution >= 0.6 is 0 Å². The van der Waals surface area contributed by atoms with Gasteiger partial charge in [0.15, 0.2) is 0 Å². The summed E-state index contributed by atoms with van der Waals surface area (Å²) >= 11 is 0. The van der Waals surface area contributed by atoms with Gasteiger partial charge in [-0.05, 0) is 62.2 Å². The lowest BCUT2D eigenvalue weighted by Gasteiger charge is -2.18. The van der Waals surface area contributed by atoms with Gasteiger partial charge >= 0.3 is 0 Å². The molecule has 1 amide bonds. The van der Waals surface area contributed by atoms with E-state index in [1.54, 1.807) is 49.2 Å². The van der Waals surface area contributed by atoms with Crippen molar-refractivity contribution in [3.63, 3.8) is 0 Å². The van der Waals surface area contributed by atoms with Gasteiger partial charge in [-0.25, -0.2) is 8.42 Å². The van der Waals surface area contributed by atoms with Crippen LogP contribution in [-0.2, 0) is 10.0 Å². The first-order valence-corrected chi connectivity index (χ1v) is 10.4. The van der Waals surface area contributed by atoms with Crippen molar-refractivity contribution in [2.24, 2.45) is 0 Å². The van der Waals surface area contributed by atoms with Crippen molar-refractivity contribution in [1.82, 2.24) is 4.90 Å². The quantitative estimate of drug-likeness (QED) is 0.746. The van der Waals surface area contributed by atoms with Crippen molar-refractivity contribution >= 4 is 21.6 Å². The lowest BCUT2D eigenvalue weighted by molar-refractivity contribution is 0.0794. The Bertz CT molecular complexity index is 893. The number of nitrogens with one attached hydrogen (secondary N) is 1. The van der Waals surface area contributed by atoms with Gasteiger partial charge in [0.1, 0.15) is 5.75 Å². The molecule has 2 aromatic carbocycles. The number of hydrogen-bond acceptors (Lipinski definition) is 4. The summed E-state index contributed by atoms with van der Waals surface area (Å²) in [7, 11) is -2.10. The summed E-state index contributed by atoms with van der Waals surface area (Å²) in [5.41, 5.74) is 1.55. The third-order valence-corrected chi connectivity index (χ3v) is 5.45. The van der Waals surface area contributed by atoms with Crippen LogP contribution in [0.1, 0.15) is 36.2 Å². The number of aryl methyl sites for hydroxylation is 1. The predicted molar refractivity (Wildman–Crippen MR) is 107 cm³/mol. The molecule has 0 aliphatic rings. The highest BCUT2D eigenvalue weighted by molar-refractivity contribution is 7.92. The van der Waals surface area contributed by atoms with E-state index in [9.17, 15) is 13.2 Å². The van der Waals surface area contributed by atoms with E-state index in [-0.39, 0.29) is 10.8 Å². The van der Waals surface area contributed by atoms with E-state index >= 15 is 0 Å². The minimum Gasteiger partial charge on any atom is -0.494 e. The van der Waals surface area contributed by atoms with Crippen LogP contribution in [0.15, 0.2) is 47.4 Å². The third kappa shape index (κ3) is 5.23. The highest BCUT2D eigenvalue weighted by Crippen LogP contribution is 2.22. The minimum atomic E-state index is -3.81. The molecule has 0 saturated carbocycles. The summed E-state index contributed by atoms with van der Waals surface area (Å²) in [6.07, 6.45) is 0.832. The summed E-state index contributed by atoms with van der Waals surface area (Å²) in [4.78, 5) is 14.2. The van der Waals surface area contributed by atoms with Crippen molar-refractivity contribution < 1.29 is 17.9 Å². The van der Waals surface area contributed by atoms with Gasteiger partial charge in [-0.3, -0.25) is 9.52 Å². The minimum absolute atomic E-state index is 0.0511. The number of rotatable bonds is 8. The van der Waals surface area contributed by atoms with Gasteiger partial charge in [-0.2, -0.15) is 0 Å². The van der Waals surface area contributed by atoms with Gasteiger partial charge < -0.3 is 9.64 Å². The molecule has 0 atom stereocenters. The summed E-state index contributed by atoms with van der Waals surface area (Å²) in [5.74, 6) is 0.482. The molecule has 0 unspecified atom stereocenters. The van der Waals surface area contributed by atoms with E-state index in [1.165, 1.54) is 12.1 Å². The number of nitrogens with zero attached hydrogens (tertiary/aromatic N) is 1. The van der Waals surface area contributed by atoms with E-state index in [0.29, 0.717) is 30.2 Å². The summed E-state index contributed by atoms with van der Waals surface area (Å²) in [6.45, 7) is 6.81. The molecular weight excluding hydrogens is 364 g/mol. The molecule has 0 aliphatic carbocycles. The lowest BCUT2D eigenvalue weighted by Crippen LogP contribution is -2.28. The van der Waals surface area contributed by atoms with Crippen LogP contribution in [0.25, 0.3) is 0 Å². The second-order valence-corrected chi connectivity index (χ2v) is 7.95. The fourth-order valence-electron chi connectivity index (χ4n) is 2.64. The van der Waals surface area contributed by atoms with Crippen LogP contribution in [0.2, 0.25) is 0 Å². The molecule has 27 heavy (non-hydrogen) atoms. The standard InChI is InChI=1S/C20H26N2O4S/c1-5-13-22(4)20(23)19-14-18(12-7-15(19)3)27(24,25)21-16-8-10-17(11-9-16)26-6-2/h7-12,14,21H,5-6,13H2,1-4H3. The van der Waals surface area contributed by atoms with Crippen molar-refractivity contribution in [3.8, 4) is 5.75 Å². The van der Waals surface area contributed by atoms with Crippen LogP contribution in [0.3, 0.4) is 0 Å². The van der Waals surface area contributed by atoms with Gasteiger partial charge in [-0.1, -0.05) is 13.0 Å². The normalized spacial score (nSPS) is 11.1. The number of sulfonamides is 1. The van der Waals surface area contributed by atoms with Crippen LogP contribution in [0.4, 0.5) is 5.69 Å². The van der Waals surface area contributed by atoms with E-state index in [2.05, 4.69) is 4.72 Å². The molecule has 0 fully saturated rings. The largest absolute Gasteiger partial charge is 0.494 e. The van der Waals surface area contributed by atoms with Gasteiger partial charge in [0.2, 0.25) is 0 Å². The molecule has 2 aromatic rings. The van der Waals surface area contributed by atoms with Gasteiger partial charge in [0.25, 0.3) is 15.9 Å². The molecule has 0 radical (unpaired) electrons. The molecule has 0 heterocycles. The van der Waals surface area contributed by atoms with Crippen molar-refractivity contribution in [2.45, 2.75) is 32.1 Å². The number of carbonyl (C=O) groups excluding carboxylic acids is 1. The maximum absolute atomic E-state index is 12.7. The molecular formula is C20H26N2O4S. The summed E-state index contributed by atoms with van der Waals surface area (Å²) in [5, 5.41) is 0. The summed E-state index contributed by atoms with van der Waals surface area (Å²) in [6, 6.07) is 11.3. The Morgan fingerprint density at radius 3 is 2.37 bits per heavy atom. The molecule has 146 valence electrons. The monoisotopic (exact) mass is 390 g/mol. The lowest BCUT2D eigenvalue weighted by atomic mass is 10.1. The maximum atomic E-state index is 12.7. The number of amides is 1. The Kier molecular flexibility index (Phi) is 6.85. The third-order valence-electron chi connectivity index (χ3n) is 4.07. The molecule has 0 spiro atoms. The molecule has 2 rings (SSSR count). The first kappa shape index (κ1) is 20.8. The molecule has 0 aromatic heterocycles. The SMILES string of the molecule is CCCN(C)C(=O)c1cc(S(=O)(=O)Nc2ccc(OCC)cc2)ccc1C. The van der Waals surface area contributed by atoms with E-state index in [1.807, 2.05) is 13.8 Å². The Labute approximate surface area is 161 Å². The van der Waals surface area contributed by atoms with Gasteiger partial charge in [0, 0.05) is 24.8 Å². The van der Waals surface area contributed by atoms with Crippen LogP contribution in [-0.4, -0.2) is 39.4 Å². The highest BCUT2D eigenvalue weighted by atomic mass is 32.2. The maximum Gasteiger partial charge on any atom is 0.261 e. The number of benzene rings is 2. The number of anilines is 1. The second-order valence-electron chi connectivity index (χ2n) is 6.27. The predicted octanol–water partition coefficient (Wildman–Crippen LogP) is 3.68. The number of hydrogen-bond donors (Lipinski definition) is 1. The van der Waals surface area contributed by atoms with E-state index < -0.39 is 10.0 Å². The Morgan fingerprint density at radius 2 is 1.78 bits per heavy atom. The van der Waals surface area contributed by atoms with Crippen molar-refractivity contribution in [1.29, 1.82) is 0 Å². The summed E-state index contributed by atoms with van der Waals surface area (Å²) < 4.78 is 33.3. The molecule has 0 aliphatic heterocycles. The van der Waals surface area contributed by atoms with Crippen molar-refractivity contribution in [2.75, 3.05) is 24.9 Å². The molecule has 6 nitrogen and oxygen atoms in total. The van der Waals surface area contributed by atoms with Crippen LogP contribution in [0, 0.1) is 6.92 Å². The number of carbonyl (C=O) groups is 1. The second kappa shape index (κ2) is 8.90. The molecule has 7 heteroatoms. The topological polar surface area (TPSA) is 75.7 Å². The molecule has 1 N–H and O–H groups in total. The zero-order chi connectivity index (χ0) is 20.0. The number of ether oxygens (including phenoxy) is 1. The first-order valence-electron chi connectivity index (χ1n) is 8.90. The van der Waals surface area contributed by atoms with E-state index in [0.717, 1.165) is 12.0 Å². The van der Waals surface area contributed by atoms with Crippen LogP contribution in [0.5, 0.6) is 5.75 Å². The average molecular weight is 391 g/mol. The fraction of sp³-hybridized carbons (Fsp3) is 0.350. The molecule has 0 bridgehead atoms. The zero-order valence-electron chi connectivity index (χ0n) is 16.2. The zero-order valence-corrected chi connectivity index (χ0v) is 17.0.